The molecule has 2 aromatic carbocycles. The zero-order chi connectivity index (χ0) is 16.7. The smallest absolute Gasteiger partial charge is 0.274 e. The number of aromatic nitrogens is 3. The number of amides is 1. The number of nitrogens with one attached hydrogen (secondary N) is 2. The van der Waals surface area contributed by atoms with Crippen molar-refractivity contribution in [2.75, 3.05) is 5.32 Å². The Hall–Kier alpha value is -2.73. The molecule has 0 aliphatic heterocycles. The van der Waals surface area contributed by atoms with E-state index in [0.29, 0.717) is 11.4 Å². The van der Waals surface area contributed by atoms with Crippen LogP contribution in [0.25, 0.3) is 21.7 Å². The number of halogens is 1. The predicted molar refractivity (Wildman–Crippen MR) is 98.2 cm³/mol. The standard InChI is InChI=1S/C18H13BrN4O/c1-10-7-14-13(3-2-4-15(14)19)17(21-10)18(24)22-12-6-5-11-9-20-23-16(11)8-12/h2-9H,1H3,(H,20,23)(H,22,24). The van der Waals surface area contributed by atoms with Gasteiger partial charge in [-0.25, -0.2) is 4.98 Å². The molecule has 4 rings (SSSR count). The summed E-state index contributed by atoms with van der Waals surface area (Å²) in [4.78, 5) is 17.2. The lowest BCUT2D eigenvalue weighted by Gasteiger charge is -2.10. The molecule has 4 aromatic rings. The quantitative estimate of drug-likeness (QED) is 0.540. The van der Waals surface area contributed by atoms with Gasteiger partial charge in [-0.2, -0.15) is 5.10 Å². The lowest BCUT2D eigenvalue weighted by atomic mass is 10.1. The third-order valence-corrected chi connectivity index (χ3v) is 4.56. The number of hydrogen-bond donors (Lipinski definition) is 2. The number of hydrogen-bond acceptors (Lipinski definition) is 3. The molecule has 118 valence electrons. The molecule has 0 unspecified atom stereocenters. The first-order valence-electron chi connectivity index (χ1n) is 7.42. The third kappa shape index (κ3) is 2.55. The second-order valence-electron chi connectivity index (χ2n) is 5.57. The molecule has 0 saturated carbocycles. The fourth-order valence-corrected chi connectivity index (χ4v) is 3.23. The molecule has 0 atom stereocenters. The molecule has 0 aliphatic rings. The van der Waals surface area contributed by atoms with Crippen LogP contribution < -0.4 is 5.32 Å². The van der Waals surface area contributed by atoms with Crippen molar-refractivity contribution in [3.8, 4) is 0 Å². The molecule has 0 saturated heterocycles. The van der Waals surface area contributed by atoms with Crippen LogP contribution in [0.4, 0.5) is 5.69 Å². The molecule has 6 heteroatoms. The van der Waals surface area contributed by atoms with Crippen LogP contribution in [0.3, 0.4) is 0 Å². The monoisotopic (exact) mass is 380 g/mol. The fraction of sp³-hybridized carbons (Fsp3) is 0.0556. The molecular weight excluding hydrogens is 368 g/mol. The largest absolute Gasteiger partial charge is 0.321 e. The van der Waals surface area contributed by atoms with Gasteiger partial charge in [-0.15, -0.1) is 0 Å². The third-order valence-electron chi connectivity index (χ3n) is 3.86. The Morgan fingerprint density at radius 1 is 1.17 bits per heavy atom. The lowest BCUT2D eigenvalue weighted by molar-refractivity contribution is 0.102. The number of nitrogens with zero attached hydrogens (tertiary/aromatic N) is 2. The summed E-state index contributed by atoms with van der Waals surface area (Å²) in [7, 11) is 0. The first-order valence-corrected chi connectivity index (χ1v) is 8.21. The van der Waals surface area contributed by atoms with E-state index in [4.69, 9.17) is 0 Å². The van der Waals surface area contributed by atoms with Crippen LogP contribution in [0.15, 0.2) is 53.1 Å². The zero-order valence-electron chi connectivity index (χ0n) is 12.8. The van der Waals surface area contributed by atoms with Gasteiger partial charge in [-0.05, 0) is 37.3 Å². The molecule has 1 amide bonds. The van der Waals surface area contributed by atoms with Gasteiger partial charge >= 0.3 is 0 Å². The summed E-state index contributed by atoms with van der Waals surface area (Å²) in [5.41, 5.74) is 2.78. The molecule has 5 nitrogen and oxygen atoms in total. The van der Waals surface area contributed by atoms with Gasteiger partial charge in [0.05, 0.1) is 11.7 Å². The molecular formula is C18H13BrN4O. The molecule has 0 aliphatic carbocycles. The molecule has 0 fully saturated rings. The van der Waals surface area contributed by atoms with Crippen LogP contribution in [0, 0.1) is 6.92 Å². The van der Waals surface area contributed by atoms with E-state index >= 15 is 0 Å². The molecule has 24 heavy (non-hydrogen) atoms. The predicted octanol–water partition coefficient (Wildman–Crippen LogP) is 4.43. The molecule has 0 bridgehead atoms. The maximum absolute atomic E-state index is 12.8. The number of rotatable bonds is 2. The van der Waals surface area contributed by atoms with Gasteiger partial charge in [0.15, 0.2) is 0 Å². The van der Waals surface area contributed by atoms with Gasteiger partial charge in [0.2, 0.25) is 0 Å². The van der Waals surface area contributed by atoms with Crippen LogP contribution >= 0.6 is 15.9 Å². The summed E-state index contributed by atoms with van der Waals surface area (Å²) >= 11 is 3.53. The van der Waals surface area contributed by atoms with Crippen LogP contribution in [-0.4, -0.2) is 21.1 Å². The van der Waals surface area contributed by atoms with Crippen molar-refractivity contribution in [2.45, 2.75) is 6.92 Å². The highest BCUT2D eigenvalue weighted by Crippen LogP contribution is 2.27. The van der Waals surface area contributed by atoms with E-state index in [9.17, 15) is 4.79 Å². The van der Waals surface area contributed by atoms with Gasteiger partial charge in [-0.1, -0.05) is 28.1 Å². The first-order chi connectivity index (χ1) is 11.6. The summed E-state index contributed by atoms with van der Waals surface area (Å²) in [5, 5.41) is 12.6. The minimum absolute atomic E-state index is 0.235. The van der Waals surface area contributed by atoms with Gasteiger partial charge in [0.25, 0.3) is 5.91 Å². The summed E-state index contributed by atoms with van der Waals surface area (Å²) in [6, 6.07) is 13.3. The average molecular weight is 381 g/mol. The fourth-order valence-electron chi connectivity index (χ4n) is 2.75. The van der Waals surface area contributed by atoms with Crippen LogP contribution in [0.5, 0.6) is 0 Å². The Morgan fingerprint density at radius 2 is 2.04 bits per heavy atom. The van der Waals surface area contributed by atoms with Crippen molar-refractivity contribution in [1.82, 2.24) is 15.2 Å². The highest BCUT2D eigenvalue weighted by Gasteiger charge is 2.14. The summed E-state index contributed by atoms with van der Waals surface area (Å²) < 4.78 is 0.943. The van der Waals surface area contributed by atoms with E-state index in [2.05, 4.69) is 36.4 Å². The van der Waals surface area contributed by atoms with Crippen molar-refractivity contribution in [1.29, 1.82) is 0 Å². The number of pyridine rings is 1. The number of aromatic amines is 1. The molecule has 2 heterocycles. The zero-order valence-corrected chi connectivity index (χ0v) is 14.4. The first kappa shape index (κ1) is 14.8. The van der Waals surface area contributed by atoms with Crippen LogP contribution in [0.2, 0.25) is 0 Å². The second kappa shape index (κ2) is 5.72. The van der Waals surface area contributed by atoms with E-state index in [-0.39, 0.29) is 5.91 Å². The Morgan fingerprint density at radius 3 is 2.92 bits per heavy atom. The normalized spacial score (nSPS) is 11.1. The second-order valence-corrected chi connectivity index (χ2v) is 6.43. The van der Waals surface area contributed by atoms with Gasteiger partial charge in [0, 0.05) is 32.0 Å². The number of aryl methyl sites for hydroxylation is 1. The molecule has 0 spiro atoms. The highest BCUT2D eigenvalue weighted by molar-refractivity contribution is 9.10. The SMILES string of the molecule is Cc1cc2c(Br)cccc2c(C(=O)Nc2ccc3cn[nH]c3c2)n1. The number of H-pyrrole nitrogens is 1. The van der Waals surface area contributed by atoms with E-state index in [1.54, 1.807) is 6.20 Å². The lowest BCUT2D eigenvalue weighted by Crippen LogP contribution is -2.14. The van der Waals surface area contributed by atoms with Gasteiger partial charge in [0.1, 0.15) is 5.69 Å². The number of fused-ring (bicyclic) bond motifs is 2. The number of anilines is 1. The highest BCUT2D eigenvalue weighted by atomic mass is 79.9. The summed E-state index contributed by atoms with van der Waals surface area (Å²) in [6.07, 6.45) is 1.74. The number of carbonyl (C=O) groups is 1. The summed E-state index contributed by atoms with van der Waals surface area (Å²) in [5.74, 6) is -0.235. The van der Waals surface area contributed by atoms with E-state index in [1.165, 1.54) is 0 Å². The van der Waals surface area contributed by atoms with E-state index in [0.717, 1.165) is 31.8 Å². The van der Waals surface area contributed by atoms with Crippen LogP contribution in [0.1, 0.15) is 16.2 Å². The molecule has 2 aromatic heterocycles. The number of benzene rings is 2. The van der Waals surface area contributed by atoms with Crippen molar-refractivity contribution < 1.29 is 4.79 Å². The van der Waals surface area contributed by atoms with Crippen molar-refractivity contribution in [3.05, 3.63) is 64.5 Å². The van der Waals surface area contributed by atoms with Crippen molar-refractivity contribution >= 4 is 49.2 Å². The maximum Gasteiger partial charge on any atom is 0.274 e. The summed E-state index contributed by atoms with van der Waals surface area (Å²) in [6.45, 7) is 1.88. The van der Waals surface area contributed by atoms with E-state index in [1.807, 2.05) is 49.4 Å². The van der Waals surface area contributed by atoms with Crippen molar-refractivity contribution in [2.24, 2.45) is 0 Å². The van der Waals surface area contributed by atoms with Crippen LogP contribution in [-0.2, 0) is 0 Å². The Labute approximate surface area is 146 Å². The minimum Gasteiger partial charge on any atom is -0.321 e. The minimum atomic E-state index is -0.235. The topological polar surface area (TPSA) is 70.7 Å². The van der Waals surface area contributed by atoms with Crippen molar-refractivity contribution in [3.63, 3.8) is 0 Å². The van der Waals surface area contributed by atoms with Gasteiger partial charge in [-0.3, -0.25) is 9.89 Å². The number of carbonyl (C=O) groups excluding carboxylic acids is 1. The Kier molecular flexibility index (Phi) is 3.54. The molecule has 0 radical (unpaired) electrons. The van der Waals surface area contributed by atoms with Gasteiger partial charge < -0.3 is 5.32 Å². The maximum atomic E-state index is 12.8. The van der Waals surface area contributed by atoms with E-state index < -0.39 is 0 Å². The Bertz CT molecular complexity index is 1090. The molecule has 2 N–H and O–H groups in total. The Balaban J connectivity index is 1.76. The average Bonchev–Trinajstić information content (AvgIpc) is 3.02.